The Balaban J connectivity index is 3.41. The third kappa shape index (κ3) is 3.96. The Morgan fingerprint density at radius 1 is 1.25 bits per heavy atom. The van der Waals surface area contributed by atoms with Crippen LogP contribution < -0.4 is 4.74 Å². The molecule has 0 unspecified atom stereocenters. The van der Waals surface area contributed by atoms with Gasteiger partial charge < -0.3 is 9.84 Å². The Morgan fingerprint density at radius 2 is 1.80 bits per heavy atom. The van der Waals surface area contributed by atoms with Gasteiger partial charge >= 0.3 is 18.5 Å². The maximum atomic E-state index is 13.4. The van der Waals surface area contributed by atoms with E-state index in [9.17, 15) is 35.5 Å². The number of hydrogen-bond acceptors (Lipinski definition) is 3. The molecule has 0 aliphatic carbocycles. The Bertz CT molecular complexity index is 523. The number of alkyl halides is 6. The molecule has 1 heterocycles. The second kappa shape index (κ2) is 5.13. The van der Waals surface area contributed by atoms with Crippen LogP contribution in [0.15, 0.2) is 6.20 Å². The largest absolute Gasteiger partial charge is 0.573 e. The maximum absolute atomic E-state index is 13.4. The van der Waals surface area contributed by atoms with E-state index >= 15 is 0 Å². The Morgan fingerprint density at radius 3 is 2.20 bits per heavy atom. The molecule has 1 aromatic heterocycles. The number of ether oxygens (including phenoxy) is 1. The highest BCUT2D eigenvalue weighted by Gasteiger charge is 2.41. The third-order valence-corrected chi connectivity index (χ3v) is 1.88. The minimum Gasteiger partial charge on any atom is -0.481 e. The SMILES string of the molecule is O=C(O)Cc1cnc(C(F)(F)F)c(F)c1OC(F)(F)F. The molecule has 0 aliphatic heterocycles. The molecule has 0 fully saturated rings. The molecule has 112 valence electrons. The monoisotopic (exact) mass is 307 g/mol. The first-order chi connectivity index (χ1) is 8.92. The molecule has 0 saturated heterocycles. The van der Waals surface area contributed by atoms with Crippen molar-refractivity contribution >= 4 is 5.97 Å². The Hall–Kier alpha value is -2.07. The first-order valence-corrected chi connectivity index (χ1v) is 4.64. The van der Waals surface area contributed by atoms with E-state index < -0.39 is 47.8 Å². The summed E-state index contributed by atoms with van der Waals surface area (Å²) in [6, 6.07) is 0. The first kappa shape index (κ1) is 16.0. The van der Waals surface area contributed by atoms with Crippen LogP contribution in [0.5, 0.6) is 5.75 Å². The smallest absolute Gasteiger partial charge is 0.481 e. The van der Waals surface area contributed by atoms with Crippen LogP contribution in [0, 0.1) is 5.82 Å². The van der Waals surface area contributed by atoms with Crippen LogP contribution >= 0.6 is 0 Å². The molecule has 0 amide bonds. The average Bonchev–Trinajstić information content (AvgIpc) is 2.19. The molecule has 0 aromatic carbocycles. The fraction of sp³-hybridized carbons (Fsp3) is 0.333. The van der Waals surface area contributed by atoms with Crippen LogP contribution in [-0.4, -0.2) is 22.4 Å². The molecule has 1 N–H and O–H groups in total. The van der Waals surface area contributed by atoms with E-state index in [4.69, 9.17) is 5.11 Å². The number of aliphatic carboxylic acids is 1. The zero-order chi connectivity index (χ0) is 15.7. The van der Waals surface area contributed by atoms with Gasteiger partial charge in [0.25, 0.3) is 0 Å². The summed E-state index contributed by atoms with van der Waals surface area (Å²) in [6.07, 6.45) is -11.9. The molecule has 0 atom stereocenters. The molecule has 4 nitrogen and oxygen atoms in total. The van der Waals surface area contributed by atoms with Gasteiger partial charge in [-0.05, 0) is 0 Å². The van der Waals surface area contributed by atoms with E-state index in [1.807, 2.05) is 0 Å². The number of carbonyl (C=O) groups is 1. The van der Waals surface area contributed by atoms with Gasteiger partial charge in [0.15, 0.2) is 17.3 Å². The average molecular weight is 307 g/mol. The quantitative estimate of drug-likeness (QED) is 0.872. The third-order valence-electron chi connectivity index (χ3n) is 1.88. The topological polar surface area (TPSA) is 59.4 Å². The number of pyridine rings is 1. The predicted molar refractivity (Wildman–Crippen MR) is 47.2 cm³/mol. The van der Waals surface area contributed by atoms with Crippen LogP contribution in [0.1, 0.15) is 11.3 Å². The molecule has 1 rings (SSSR count). The summed E-state index contributed by atoms with van der Waals surface area (Å²) in [4.78, 5) is 13.0. The van der Waals surface area contributed by atoms with Crippen molar-refractivity contribution < 1.29 is 45.4 Å². The Kier molecular flexibility index (Phi) is 4.10. The van der Waals surface area contributed by atoms with Gasteiger partial charge in [-0.2, -0.15) is 13.2 Å². The van der Waals surface area contributed by atoms with Gasteiger partial charge in [0.1, 0.15) is 0 Å². The van der Waals surface area contributed by atoms with Crippen molar-refractivity contribution in [3.05, 3.63) is 23.3 Å². The lowest BCUT2D eigenvalue weighted by Crippen LogP contribution is -2.22. The molecular formula is C9H4F7NO3. The molecule has 0 radical (unpaired) electrons. The fourth-order valence-electron chi connectivity index (χ4n) is 1.22. The van der Waals surface area contributed by atoms with Crippen LogP contribution in [0.25, 0.3) is 0 Å². The summed E-state index contributed by atoms with van der Waals surface area (Å²) in [5, 5.41) is 8.40. The van der Waals surface area contributed by atoms with Crippen molar-refractivity contribution in [3.63, 3.8) is 0 Å². The normalized spacial score (nSPS) is 12.3. The molecule has 0 saturated carbocycles. The number of aromatic nitrogens is 1. The van der Waals surface area contributed by atoms with Gasteiger partial charge in [-0.1, -0.05) is 0 Å². The number of hydrogen-bond donors (Lipinski definition) is 1. The van der Waals surface area contributed by atoms with Crippen molar-refractivity contribution in [1.29, 1.82) is 0 Å². The lowest BCUT2D eigenvalue weighted by molar-refractivity contribution is -0.276. The van der Waals surface area contributed by atoms with Gasteiger partial charge in [-0.15, -0.1) is 13.2 Å². The summed E-state index contributed by atoms with van der Waals surface area (Å²) in [6.45, 7) is 0. The number of nitrogens with zero attached hydrogens (tertiary/aromatic N) is 1. The zero-order valence-corrected chi connectivity index (χ0v) is 9.14. The van der Waals surface area contributed by atoms with Gasteiger partial charge in [-0.3, -0.25) is 4.79 Å². The Labute approximate surface area is 105 Å². The van der Waals surface area contributed by atoms with Gasteiger partial charge in [0.05, 0.1) is 6.42 Å². The van der Waals surface area contributed by atoms with Crippen molar-refractivity contribution in [2.45, 2.75) is 19.0 Å². The molecule has 0 aliphatic rings. The molecular weight excluding hydrogens is 303 g/mol. The van der Waals surface area contributed by atoms with E-state index in [1.165, 1.54) is 0 Å². The summed E-state index contributed by atoms with van der Waals surface area (Å²) in [7, 11) is 0. The van der Waals surface area contributed by atoms with Crippen molar-refractivity contribution in [1.82, 2.24) is 4.98 Å². The van der Waals surface area contributed by atoms with E-state index in [-0.39, 0.29) is 6.20 Å². The highest BCUT2D eigenvalue weighted by Crippen LogP contribution is 2.37. The number of rotatable bonds is 3. The molecule has 0 spiro atoms. The number of halogens is 7. The minimum absolute atomic E-state index is 0.168. The highest BCUT2D eigenvalue weighted by atomic mass is 19.4. The van der Waals surface area contributed by atoms with Crippen LogP contribution in [0.4, 0.5) is 30.7 Å². The van der Waals surface area contributed by atoms with Gasteiger partial charge in [-0.25, -0.2) is 9.37 Å². The van der Waals surface area contributed by atoms with Crippen LogP contribution in [0.3, 0.4) is 0 Å². The summed E-state index contributed by atoms with van der Waals surface area (Å²) < 4.78 is 89.5. The lowest BCUT2D eigenvalue weighted by Gasteiger charge is -2.15. The standard InChI is InChI=1S/C9H4F7NO3/c10-5-6(20-9(14,15)16)3(1-4(18)19)2-17-7(5)8(11,12)13/h2H,1H2,(H,18,19). The molecule has 1 aromatic rings. The molecule has 20 heavy (non-hydrogen) atoms. The highest BCUT2D eigenvalue weighted by molar-refractivity contribution is 5.71. The van der Waals surface area contributed by atoms with Gasteiger partial charge in [0, 0.05) is 11.8 Å². The predicted octanol–water partition coefficient (Wildman–Crippen LogP) is 2.77. The van der Waals surface area contributed by atoms with Crippen LogP contribution in [0.2, 0.25) is 0 Å². The summed E-state index contributed by atoms with van der Waals surface area (Å²) in [5.41, 5.74) is -3.20. The van der Waals surface area contributed by atoms with E-state index in [0.717, 1.165) is 0 Å². The number of carboxylic acids is 1. The first-order valence-electron chi connectivity index (χ1n) is 4.64. The lowest BCUT2D eigenvalue weighted by atomic mass is 10.1. The van der Waals surface area contributed by atoms with Crippen molar-refractivity contribution in [3.8, 4) is 5.75 Å². The van der Waals surface area contributed by atoms with Gasteiger partial charge in [0.2, 0.25) is 0 Å². The summed E-state index contributed by atoms with van der Waals surface area (Å²) >= 11 is 0. The van der Waals surface area contributed by atoms with Crippen molar-refractivity contribution in [2.24, 2.45) is 0 Å². The number of carboxylic acid groups (broad SMARTS) is 1. The second-order valence-corrected chi connectivity index (χ2v) is 3.39. The fourth-order valence-corrected chi connectivity index (χ4v) is 1.22. The van der Waals surface area contributed by atoms with Crippen molar-refractivity contribution in [2.75, 3.05) is 0 Å². The second-order valence-electron chi connectivity index (χ2n) is 3.39. The minimum atomic E-state index is -5.49. The molecule has 11 heteroatoms. The van der Waals surface area contributed by atoms with Crippen LogP contribution in [-0.2, 0) is 17.4 Å². The van der Waals surface area contributed by atoms with E-state index in [1.54, 1.807) is 0 Å². The maximum Gasteiger partial charge on any atom is 0.573 e. The zero-order valence-electron chi connectivity index (χ0n) is 9.14. The summed E-state index contributed by atoms with van der Waals surface area (Å²) in [5.74, 6) is -5.98. The van der Waals surface area contributed by atoms with E-state index in [0.29, 0.717) is 0 Å². The van der Waals surface area contributed by atoms with E-state index in [2.05, 4.69) is 9.72 Å². The molecule has 0 bridgehead atoms.